The monoisotopic (exact) mass is 376 g/mol. The second-order valence-electron chi connectivity index (χ2n) is 5.94. The van der Waals surface area contributed by atoms with E-state index in [2.05, 4.69) is 20.6 Å². The van der Waals surface area contributed by atoms with Gasteiger partial charge in [0.1, 0.15) is 11.4 Å². The fourth-order valence-corrected chi connectivity index (χ4v) is 2.49. The van der Waals surface area contributed by atoms with Crippen LogP contribution in [0.5, 0.6) is 5.75 Å². The summed E-state index contributed by atoms with van der Waals surface area (Å²) in [7, 11) is 0. The van der Waals surface area contributed by atoms with Crippen molar-refractivity contribution in [2.45, 2.75) is 13.8 Å². The van der Waals surface area contributed by atoms with Gasteiger partial charge in [-0.2, -0.15) is 0 Å². The number of hydrogen-bond donors (Lipinski definition) is 2. The lowest BCUT2D eigenvalue weighted by Gasteiger charge is -2.09. The van der Waals surface area contributed by atoms with Gasteiger partial charge < -0.3 is 15.4 Å². The molecule has 2 N–H and O–H groups in total. The molecule has 2 aromatic carbocycles. The SMILES string of the molecule is CCOc1ccc(Nc2nccc(C(=O)Nc3cccc(C(C)=O)c3)n2)cc1. The predicted molar refractivity (Wildman–Crippen MR) is 107 cm³/mol. The number of anilines is 3. The third kappa shape index (κ3) is 4.91. The molecule has 0 unspecified atom stereocenters. The molecule has 0 atom stereocenters. The lowest BCUT2D eigenvalue weighted by atomic mass is 10.1. The zero-order valence-corrected chi connectivity index (χ0v) is 15.6. The average molecular weight is 376 g/mol. The summed E-state index contributed by atoms with van der Waals surface area (Å²) in [6.07, 6.45) is 1.50. The highest BCUT2D eigenvalue weighted by atomic mass is 16.5. The highest BCUT2D eigenvalue weighted by Gasteiger charge is 2.10. The Morgan fingerprint density at radius 3 is 2.54 bits per heavy atom. The molecule has 7 heteroatoms. The standard InChI is InChI=1S/C21H20N4O3/c1-3-28-18-9-7-16(8-10-18)24-21-22-12-11-19(25-21)20(27)23-17-6-4-5-15(13-17)14(2)26/h4-13H,3H2,1-2H3,(H,23,27)(H,22,24,25). The number of ketones is 1. The molecule has 3 aromatic rings. The van der Waals surface area contributed by atoms with Crippen molar-refractivity contribution in [2.75, 3.05) is 17.2 Å². The van der Waals surface area contributed by atoms with Crippen molar-refractivity contribution in [3.63, 3.8) is 0 Å². The van der Waals surface area contributed by atoms with E-state index in [0.717, 1.165) is 11.4 Å². The number of nitrogens with one attached hydrogen (secondary N) is 2. The number of ether oxygens (including phenoxy) is 1. The van der Waals surface area contributed by atoms with Crippen molar-refractivity contribution in [3.05, 3.63) is 72.1 Å². The van der Waals surface area contributed by atoms with E-state index in [4.69, 9.17) is 4.74 Å². The van der Waals surface area contributed by atoms with Gasteiger partial charge in [0.05, 0.1) is 6.61 Å². The Bertz CT molecular complexity index is 987. The first kappa shape index (κ1) is 19.0. The number of carbonyl (C=O) groups excluding carboxylic acids is 2. The topological polar surface area (TPSA) is 93.2 Å². The minimum absolute atomic E-state index is 0.0695. The van der Waals surface area contributed by atoms with E-state index in [-0.39, 0.29) is 11.5 Å². The van der Waals surface area contributed by atoms with Gasteiger partial charge in [-0.1, -0.05) is 12.1 Å². The highest BCUT2D eigenvalue weighted by Crippen LogP contribution is 2.18. The van der Waals surface area contributed by atoms with E-state index in [1.165, 1.54) is 19.2 Å². The van der Waals surface area contributed by atoms with Gasteiger partial charge in [0, 0.05) is 23.1 Å². The smallest absolute Gasteiger partial charge is 0.274 e. The summed E-state index contributed by atoms with van der Waals surface area (Å²) >= 11 is 0. The van der Waals surface area contributed by atoms with Gasteiger partial charge in [0.25, 0.3) is 5.91 Å². The van der Waals surface area contributed by atoms with Crippen LogP contribution in [0.3, 0.4) is 0 Å². The number of nitrogens with zero attached hydrogens (tertiary/aromatic N) is 2. The van der Waals surface area contributed by atoms with Crippen LogP contribution in [0.15, 0.2) is 60.8 Å². The predicted octanol–water partition coefficient (Wildman–Crippen LogP) is 4.07. The molecule has 0 aliphatic heterocycles. The van der Waals surface area contributed by atoms with Crippen molar-refractivity contribution in [1.29, 1.82) is 0 Å². The Kier molecular flexibility index (Phi) is 5.96. The second-order valence-corrected chi connectivity index (χ2v) is 5.94. The largest absolute Gasteiger partial charge is 0.494 e. The molecule has 1 aromatic heterocycles. The first-order valence-corrected chi connectivity index (χ1v) is 8.80. The maximum Gasteiger partial charge on any atom is 0.274 e. The van der Waals surface area contributed by atoms with Crippen molar-refractivity contribution in [1.82, 2.24) is 9.97 Å². The van der Waals surface area contributed by atoms with Crippen molar-refractivity contribution in [3.8, 4) is 5.75 Å². The van der Waals surface area contributed by atoms with Crippen LogP contribution in [0, 0.1) is 0 Å². The van der Waals surface area contributed by atoms with E-state index in [1.807, 2.05) is 31.2 Å². The maximum atomic E-state index is 12.5. The summed E-state index contributed by atoms with van der Waals surface area (Å²) in [5, 5.41) is 5.79. The Labute approximate surface area is 162 Å². The first-order chi connectivity index (χ1) is 13.5. The van der Waals surface area contributed by atoms with Crippen LogP contribution >= 0.6 is 0 Å². The Hall–Kier alpha value is -3.74. The number of carbonyl (C=O) groups is 2. The molecule has 0 radical (unpaired) electrons. The first-order valence-electron chi connectivity index (χ1n) is 8.80. The summed E-state index contributed by atoms with van der Waals surface area (Å²) in [6, 6.07) is 15.6. The summed E-state index contributed by atoms with van der Waals surface area (Å²) in [5.41, 5.74) is 2.03. The molecule has 28 heavy (non-hydrogen) atoms. The quantitative estimate of drug-likeness (QED) is 0.604. The molecular formula is C21H20N4O3. The van der Waals surface area contributed by atoms with Crippen LogP contribution in [-0.4, -0.2) is 28.3 Å². The molecule has 0 bridgehead atoms. The highest BCUT2D eigenvalue weighted by molar-refractivity contribution is 6.04. The molecule has 0 aliphatic rings. The Morgan fingerprint density at radius 2 is 1.82 bits per heavy atom. The molecule has 7 nitrogen and oxygen atoms in total. The van der Waals surface area contributed by atoms with Gasteiger partial charge in [0.15, 0.2) is 5.78 Å². The number of Topliss-reactive ketones (excluding diaryl/α,β-unsaturated/α-hetero) is 1. The molecule has 0 saturated carbocycles. The lowest BCUT2D eigenvalue weighted by molar-refractivity contribution is 0.100. The number of aromatic nitrogens is 2. The third-order valence-electron chi connectivity index (χ3n) is 3.84. The fourth-order valence-electron chi connectivity index (χ4n) is 2.49. The van der Waals surface area contributed by atoms with Gasteiger partial charge in [-0.3, -0.25) is 9.59 Å². The zero-order chi connectivity index (χ0) is 19.9. The van der Waals surface area contributed by atoms with Gasteiger partial charge in [0.2, 0.25) is 5.95 Å². The van der Waals surface area contributed by atoms with Gasteiger partial charge >= 0.3 is 0 Å². The molecule has 142 valence electrons. The van der Waals surface area contributed by atoms with Crippen LogP contribution < -0.4 is 15.4 Å². The molecule has 1 heterocycles. The number of hydrogen-bond acceptors (Lipinski definition) is 6. The van der Waals surface area contributed by atoms with E-state index in [9.17, 15) is 9.59 Å². The minimum Gasteiger partial charge on any atom is -0.494 e. The normalized spacial score (nSPS) is 10.2. The molecule has 0 saturated heterocycles. The zero-order valence-electron chi connectivity index (χ0n) is 15.6. The van der Waals surface area contributed by atoms with Crippen LogP contribution in [0.4, 0.5) is 17.3 Å². The Balaban J connectivity index is 1.70. The van der Waals surface area contributed by atoms with Crippen LogP contribution in [0.2, 0.25) is 0 Å². The molecule has 1 amide bonds. The van der Waals surface area contributed by atoms with E-state index in [1.54, 1.807) is 24.3 Å². The molecular weight excluding hydrogens is 356 g/mol. The van der Waals surface area contributed by atoms with E-state index >= 15 is 0 Å². The van der Waals surface area contributed by atoms with Crippen LogP contribution in [0.25, 0.3) is 0 Å². The average Bonchev–Trinajstić information content (AvgIpc) is 2.70. The van der Waals surface area contributed by atoms with Crippen molar-refractivity contribution < 1.29 is 14.3 Å². The lowest BCUT2D eigenvalue weighted by Crippen LogP contribution is -2.15. The van der Waals surface area contributed by atoms with Gasteiger partial charge in [-0.15, -0.1) is 0 Å². The maximum absolute atomic E-state index is 12.5. The van der Waals surface area contributed by atoms with Gasteiger partial charge in [-0.25, -0.2) is 9.97 Å². The third-order valence-corrected chi connectivity index (χ3v) is 3.84. The molecule has 0 spiro atoms. The second kappa shape index (κ2) is 8.77. The van der Waals surface area contributed by atoms with Crippen LogP contribution in [-0.2, 0) is 0 Å². The minimum atomic E-state index is -0.391. The number of benzene rings is 2. The molecule has 0 fully saturated rings. The fraction of sp³-hybridized carbons (Fsp3) is 0.143. The number of rotatable bonds is 7. The summed E-state index contributed by atoms with van der Waals surface area (Å²) < 4.78 is 5.41. The summed E-state index contributed by atoms with van der Waals surface area (Å²) in [4.78, 5) is 32.4. The van der Waals surface area contributed by atoms with Crippen LogP contribution in [0.1, 0.15) is 34.7 Å². The van der Waals surface area contributed by atoms with E-state index in [0.29, 0.717) is 23.8 Å². The summed E-state index contributed by atoms with van der Waals surface area (Å²) in [6.45, 7) is 4.00. The molecule has 0 aliphatic carbocycles. The van der Waals surface area contributed by atoms with Crippen molar-refractivity contribution in [2.24, 2.45) is 0 Å². The number of amides is 1. The summed E-state index contributed by atoms with van der Waals surface area (Å²) in [5.74, 6) is 0.613. The Morgan fingerprint density at radius 1 is 1.04 bits per heavy atom. The van der Waals surface area contributed by atoms with E-state index < -0.39 is 5.91 Å². The van der Waals surface area contributed by atoms with Crippen molar-refractivity contribution >= 4 is 29.0 Å². The molecule has 3 rings (SSSR count). The van der Waals surface area contributed by atoms with Gasteiger partial charge in [-0.05, 0) is 56.3 Å².